The topological polar surface area (TPSA) is 0 Å². The van der Waals surface area contributed by atoms with Crippen LogP contribution in [0.2, 0.25) is 0 Å². The summed E-state index contributed by atoms with van der Waals surface area (Å²) in [4.78, 5) is 0. The van der Waals surface area contributed by atoms with Crippen molar-refractivity contribution in [3.8, 4) is 0 Å². The molecule has 10 heavy (non-hydrogen) atoms. The predicted octanol–water partition coefficient (Wildman–Crippen LogP) is 2.69. The molecule has 0 heteroatoms. The summed E-state index contributed by atoms with van der Waals surface area (Å²) >= 11 is 0. The zero-order chi connectivity index (χ0) is 7.36. The lowest BCUT2D eigenvalue weighted by molar-refractivity contribution is -0.513. The van der Waals surface area contributed by atoms with Gasteiger partial charge in [0.15, 0.2) is 0 Å². The van der Waals surface area contributed by atoms with Crippen molar-refractivity contribution < 1.29 is 0 Å². The molecule has 4 unspecified atom stereocenters. The Morgan fingerprint density at radius 2 is 1.70 bits per heavy atom. The molecule has 4 bridgehead atoms. The minimum absolute atomic E-state index is 0.699. The van der Waals surface area contributed by atoms with Gasteiger partial charge in [-0.15, -0.1) is 0 Å². The Balaban J connectivity index is 2.08. The Hall–Kier alpha value is 0. The summed E-state index contributed by atoms with van der Waals surface area (Å²) in [5.41, 5.74) is 2.25. The molecule has 56 valence electrons. The van der Waals surface area contributed by atoms with E-state index in [0.29, 0.717) is 5.41 Å². The van der Waals surface area contributed by atoms with Gasteiger partial charge in [0.2, 0.25) is 0 Å². The first kappa shape index (κ1) is 5.62. The van der Waals surface area contributed by atoms with Crippen molar-refractivity contribution in [3.05, 3.63) is 0 Å². The fourth-order valence-corrected chi connectivity index (χ4v) is 4.92. The van der Waals surface area contributed by atoms with Crippen molar-refractivity contribution in [2.24, 2.45) is 28.1 Å². The van der Waals surface area contributed by atoms with E-state index in [1.807, 2.05) is 0 Å². The molecule has 0 amide bonds. The molecule has 0 N–H and O–H groups in total. The maximum absolute atomic E-state index is 2.50. The molecule has 0 saturated heterocycles. The first-order valence-corrected chi connectivity index (χ1v) is 4.46. The quantitative estimate of drug-likeness (QED) is 0.480. The highest BCUT2D eigenvalue weighted by Gasteiger charge is 2.93. The van der Waals surface area contributed by atoms with Crippen molar-refractivity contribution in [2.75, 3.05) is 0 Å². The van der Waals surface area contributed by atoms with Gasteiger partial charge in [-0.25, -0.2) is 0 Å². The number of hydrogen-bond acceptors (Lipinski definition) is 0. The SMILES string of the molecule is CC1(C)C2C3CC2(C)C31C. The van der Waals surface area contributed by atoms with Crippen molar-refractivity contribution in [2.45, 2.75) is 34.1 Å². The second-order valence-electron chi connectivity index (χ2n) is 5.63. The van der Waals surface area contributed by atoms with Gasteiger partial charge in [-0.2, -0.15) is 0 Å². The van der Waals surface area contributed by atoms with Gasteiger partial charge in [-0.3, -0.25) is 0 Å². The Bertz CT molecular complexity index is 215. The van der Waals surface area contributed by atoms with E-state index in [9.17, 15) is 0 Å². The first-order valence-electron chi connectivity index (χ1n) is 4.46. The fraction of sp³-hybridized carbons (Fsp3) is 1.00. The smallest absolute Gasteiger partial charge is 0.0183 e. The normalized spacial score (nSPS) is 73.2. The van der Waals surface area contributed by atoms with Crippen molar-refractivity contribution >= 4 is 0 Å². The van der Waals surface area contributed by atoms with Crippen LogP contribution in [0.4, 0.5) is 0 Å². The Kier molecular flexibility index (Phi) is 0.518. The minimum atomic E-state index is 0.699. The second-order valence-corrected chi connectivity index (χ2v) is 5.63. The molecule has 5 aliphatic rings. The van der Waals surface area contributed by atoms with Crippen LogP contribution in [-0.4, -0.2) is 0 Å². The summed E-state index contributed by atoms with van der Waals surface area (Å²) in [5.74, 6) is 2.23. The maximum Gasteiger partial charge on any atom is -0.0183 e. The van der Waals surface area contributed by atoms with E-state index in [-0.39, 0.29) is 0 Å². The number of rotatable bonds is 0. The van der Waals surface area contributed by atoms with Crippen LogP contribution in [0.5, 0.6) is 0 Å². The number of hydrogen-bond donors (Lipinski definition) is 0. The standard InChI is InChI=1S/C10H16/c1-8(2)7-6-5-9(7,3)10(6,8)4/h6-7H,5H2,1-4H3. The van der Waals surface area contributed by atoms with Crippen molar-refractivity contribution in [3.63, 3.8) is 0 Å². The highest BCUT2D eigenvalue weighted by atomic mass is 15.0. The lowest BCUT2D eigenvalue weighted by Crippen LogP contribution is -2.93. The van der Waals surface area contributed by atoms with E-state index in [1.165, 1.54) is 6.42 Å². The zero-order valence-corrected chi connectivity index (χ0v) is 7.36. The van der Waals surface area contributed by atoms with E-state index < -0.39 is 0 Å². The highest BCUT2D eigenvalue weighted by Crippen LogP contribution is 2.99. The molecule has 0 aromatic carbocycles. The molecule has 5 aliphatic carbocycles. The summed E-state index contributed by atoms with van der Waals surface area (Å²) < 4.78 is 0. The van der Waals surface area contributed by atoms with Crippen LogP contribution in [0, 0.1) is 28.1 Å². The van der Waals surface area contributed by atoms with Gasteiger partial charge in [0.25, 0.3) is 0 Å². The molecule has 4 atom stereocenters. The molecular formula is C10H16. The summed E-state index contributed by atoms with van der Waals surface area (Å²) in [6.07, 6.45) is 1.54. The van der Waals surface area contributed by atoms with E-state index >= 15 is 0 Å². The third kappa shape index (κ3) is 0.194. The van der Waals surface area contributed by atoms with E-state index in [0.717, 1.165) is 22.7 Å². The largest absolute Gasteiger partial charge is 0.0591 e. The second kappa shape index (κ2) is 0.922. The van der Waals surface area contributed by atoms with Gasteiger partial charge in [-0.1, -0.05) is 27.7 Å². The Morgan fingerprint density at radius 3 is 1.70 bits per heavy atom. The van der Waals surface area contributed by atoms with E-state index in [4.69, 9.17) is 0 Å². The average molecular weight is 136 g/mol. The fourth-order valence-electron chi connectivity index (χ4n) is 4.92. The Morgan fingerprint density at radius 1 is 1.10 bits per heavy atom. The summed E-state index contributed by atoms with van der Waals surface area (Å²) in [7, 11) is 0. The summed E-state index contributed by atoms with van der Waals surface area (Å²) in [6, 6.07) is 0. The maximum atomic E-state index is 2.50. The summed E-state index contributed by atoms with van der Waals surface area (Å²) in [6.45, 7) is 9.90. The minimum Gasteiger partial charge on any atom is -0.0591 e. The van der Waals surface area contributed by atoms with Gasteiger partial charge >= 0.3 is 0 Å². The van der Waals surface area contributed by atoms with Crippen LogP contribution < -0.4 is 0 Å². The Labute approximate surface area is 63.0 Å². The van der Waals surface area contributed by atoms with Crippen LogP contribution in [0.3, 0.4) is 0 Å². The molecule has 0 nitrogen and oxygen atoms in total. The van der Waals surface area contributed by atoms with Crippen molar-refractivity contribution in [1.82, 2.24) is 0 Å². The van der Waals surface area contributed by atoms with Gasteiger partial charge in [-0.05, 0) is 34.5 Å². The molecule has 0 spiro atoms. The molecule has 5 saturated carbocycles. The van der Waals surface area contributed by atoms with Gasteiger partial charge in [0, 0.05) is 0 Å². The van der Waals surface area contributed by atoms with E-state index in [1.54, 1.807) is 0 Å². The molecular weight excluding hydrogens is 120 g/mol. The molecule has 0 aliphatic heterocycles. The molecule has 0 aromatic heterocycles. The third-order valence-electron chi connectivity index (χ3n) is 5.78. The predicted molar refractivity (Wildman–Crippen MR) is 41.6 cm³/mol. The van der Waals surface area contributed by atoms with Crippen LogP contribution >= 0.6 is 0 Å². The van der Waals surface area contributed by atoms with Crippen molar-refractivity contribution in [1.29, 1.82) is 0 Å². The van der Waals surface area contributed by atoms with Crippen LogP contribution in [0.25, 0.3) is 0 Å². The average Bonchev–Trinajstić information content (AvgIpc) is 1.83. The van der Waals surface area contributed by atoms with Crippen LogP contribution in [0.1, 0.15) is 34.1 Å². The molecule has 0 radical (unpaired) electrons. The zero-order valence-electron chi connectivity index (χ0n) is 7.36. The monoisotopic (exact) mass is 136 g/mol. The first-order chi connectivity index (χ1) is 4.46. The van der Waals surface area contributed by atoms with Gasteiger partial charge in [0.05, 0.1) is 0 Å². The summed E-state index contributed by atoms with van der Waals surface area (Å²) in [5, 5.41) is 0. The van der Waals surface area contributed by atoms with Crippen LogP contribution in [0.15, 0.2) is 0 Å². The van der Waals surface area contributed by atoms with Gasteiger partial charge in [0.1, 0.15) is 0 Å². The molecule has 0 aromatic rings. The third-order valence-corrected chi connectivity index (χ3v) is 5.78. The molecule has 0 heterocycles. The van der Waals surface area contributed by atoms with Gasteiger partial charge < -0.3 is 0 Å². The lowest BCUT2D eigenvalue weighted by Gasteiger charge is -2.98. The molecule has 5 fully saturated rings. The highest BCUT2D eigenvalue weighted by molar-refractivity contribution is 5.41. The van der Waals surface area contributed by atoms with E-state index in [2.05, 4.69) is 27.7 Å². The van der Waals surface area contributed by atoms with Crippen LogP contribution in [-0.2, 0) is 0 Å². The molecule has 5 rings (SSSR count). The lowest BCUT2D eigenvalue weighted by atomic mass is 9.05.